The molecule has 13 heteroatoms. The highest BCUT2D eigenvalue weighted by atomic mass is 19.1. The van der Waals surface area contributed by atoms with Crippen LogP contribution in [-0.4, -0.2) is 69.6 Å². The fourth-order valence-corrected chi connectivity index (χ4v) is 4.31. The van der Waals surface area contributed by atoms with Gasteiger partial charge in [-0.3, -0.25) is 19.4 Å². The Hall–Kier alpha value is -4.55. The molecule has 0 saturated carbocycles. The van der Waals surface area contributed by atoms with E-state index in [0.717, 1.165) is 6.20 Å². The molecule has 3 rings (SSSR count). The van der Waals surface area contributed by atoms with Crippen LogP contribution >= 0.6 is 0 Å². The van der Waals surface area contributed by atoms with Crippen molar-refractivity contribution in [2.45, 2.75) is 59.0 Å². The summed E-state index contributed by atoms with van der Waals surface area (Å²) in [7, 11) is 4.41. The minimum Gasteiger partial charge on any atom is -0.453 e. The number of nitrogens with zero attached hydrogens (tertiary/aromatic N) is 4. The number of carbonyl (C=O) groups is 3. The van der Waals surface area contributed by atoms with Gasteiger partial charge in [-0.05, 0) is 49.8 Å². The Morgan fingerprint density at radius 3 is 2.62 bits per heavy atom. The molecule has 3 N–H and O–H groups in total. The summed E-state index contributed by atoms with van der Waals surface area (Å²) in [6.45, 7) is 5.97. The number of H-pyrrole nitrogens is 1. The largest absolute Gasteiger partial charge is 0.453 e. The van der Waals surface area contributed by atoms with Gasteiger partial charge in [0.05, 0.1) is 31.1 Å². The van der Waals surface area contributed by atoms with E-state index in [0.29, 0.717) is 47.9 Å². The number of amides is 3. The number of aromatic nitrogens is 4. The summed E-state index contributed by atoms with van der Waals surface area (Å²) in [5.41, 5.74) is 1.53. The molecule has 0 aliphatic rings. The van der Waals surface area contributed by atoms with E-state index in [1.165, 1.54) is 28.7 Å². The maximum Gasteiger partial charge on any atom is 0.407 e. The van der Waals surface area contributed by atoms with Crippen LogP contribution in [0, 0.1) is 11.7 Å². The number of imidazole rings is 1. The van der Waals surface area contributed by atoms with Gasteiger partial charge in [0.2, 0.25) is 11.8 Å². The Bertz CT molecular complexity index is 1530. The zero-order valence-electron chi connectivity index (χ0n) is 24.8. The van der Waals surface area contributed by atoms with Gasteiger partial charge in [-0.1, -0.05) is 26.8 Å². The first-order chi connectivity index (χ1) is 19.9. The molecule has 3 aromatic heterocycles. The number of likely N-dealkylation sites (N-methyl/N-ethyl adjacent to an activating group) is 1. The number of alkyl carbamates (subject to hydrolysis) is 1. The van der Waals surface area contributed by atoms with Crippen LogP contribution in [0.4, 0.5) is 14.9 Å². The zero-order chi connectivity index (χ0) is 31.0. The Labute approximate surface area is 243 Å². The van der Waals surface area contributed by atoms with Gasteiger partial charge in [0.15, 0.2) is 5.82 Å². The molecule has 3 heterocycles. The minimum atomic E-state index is -1.04. The minimum absolute atomic E-state index is 0.00310. The highest BCUT2D eigenvalue weighted by molar-refractivity contribution is 5.96. The second kappa shape index (κ2) is 14.4. The van der Waals surface area contributed by atoms with Crippen LogP contribution in [0.1, 0.15) is 50.8 Å². The summed E-state index contributed by atoms with van der Waals surface area (Å²) in [5.74, 6) is -0.744. The van der Waals surface area contributed by atoms with E-state index < -0.39 is 29.4 Å². The molecule has 1 atom stereocenters. The standard InChI is InChI=1S/C29H38FN7O5/c1-7-18-12-13-21(32-27(39)20(33-29(41)42-6)10-8-9-11-24(38)36(4)5)28(40)37(18)16-23-34-25-19(30)15-31-22(14-17(2)3)26(25)35-23/h9,11-13,15,17,20H,7-8,10,14,16H2,1-6H3,(H,32,39)(H,33,41)(H,34,35)/b11-9+. The molecular formula is C29H38FN7O5. The molecule has 42 heavy (non-hydrogen) atoms. The number of hydrogen-bond acceptors (Lipinski definition) is 7. The SMILES string of the molecule is CCc1ccc(NC(=O)C(CC/C=C/C(=O)N(C)C)NC(=O)OC)c(=O)n1Cc1nc2c(F)cnc(CC(C)C)c2[nH]1. The van der Waals surface area contributed by atoms with E-state index >= 15 is 0 Å². The molecule has 0 aliphatic heterocycles. The number of aryl methyl sites for hydroxylation is 1. The lowest BCUT2D eigenvalue weighted by Crippen LogP contribution is -2.44. The Balaban J connectivity index is 1.87. The highest BCUT2D eigenvalue weighted by Gasteiger charge is 2.23. The van der Waals surface area contributed by atoms with E-state index in [-0.39, 0.29) is 30.1 Å². The van der Waals surface area contributed by atoms with Gasteiger partial charge < -0.3 is 29.8 Å². The van der Waals surface area contributed by atoms with Crippen molar-refractivity contribution in [3.63, 3.8) is 0 Å². The molecule has 0 aromatic carbocycles. The number of rotatable bonds is 12. The number of hydrogen-bond donors (Lipinski definition) is 3. The molecule has 3 aromatic rings. The average molecular weight is 584 g/mol. The Morgan fingerprint density at radius 2 is 1.98 bits per heavy atom. The third-order valence-electron chi connectivity index (χ3n) is 6.51. The lowest BCUT2D eigenvalue weighted by molar-refractivity contribution is -0.123. The van der Waals surface area contributed by atoms with Crippen molar-refractivity contribution in [2.24, 2.45) is 5.92 Å². The zero-order valence-corrected chi connectivity index (χ0v) is 24.8. The third-order valence-corrected chi connectivity index (χ3v) is 6.51. The topological polar surface area (TPSA) is 151 Å². The first-order valence-corrected chi connectivity index (χ1v) is 13.7. The molecule has 0 bridgehead atoms. The van der Waals surface area contributed by atoms with E-state index in [2.05, 4.69) is 30.3 Å². The van der Waals surface area contributed by atoms with Gasteiger partial charge in [-0.2, -0.15) is 0 Å². The average Bonchev–Trinajstić information content (AvgIpc) is 3.38. The van der Waals surface area contributed by atoms with E-state index in [1.807, 2.05) is 20.8 Å². The maximum absolute atomic E-state index is 14.5. The number of methoxy groups -OCH3 is 1. The molecular weight excluding hydrogens is 545 g/mol. The van der Waals surface area contributed by atoms with Crippen molar-refractivity contribution >= 4 is 34.6 Å². The van der Waals surface area contributed by atoms with Gasteiger partial charge in [0.1, 0.15) is 23.1 Å². The summed E-state index contributed by atoms with van der Waals surface area (Å²) in [6.07, 6.45) is 4.91. The van der Waals surface area contributed by atoms with Crippen molar-refractivity contribution in [3.8, 4) is 0 Å². The van der Waals surface area contributed by atoms with Crippen LogP contribution in [0.25, 0.3) is 11.0 Å². The third kappa shape index (κ3) is 8.02. The lowest BCUT2D eigenvalue weighted by atomic mass is 10.1. The fraction of sp³-hybridized carbons (Fsp3) is 0.448. The van der Waals surface area contributed by atoms with Gasteiger partial charge in [0.25, 0.3) is 5.56 Å². The van der Waals surface area contributed by atoms with Crippen molar-refractivity contribution in [1.29, 1.82) is 0 Å². The number of nitrogens with one attached hydrogen (secondary N) is 3. The molecule has 0 fully saturated rings. The van der Waals surface area contributed by atoms with E-state index in [1.54, 1.807) is 26.2 Å². The quantitative estimate of drug-likeness (QED) is 0.277. The number of anilines is 1. The van der Waals surface area contributed by atoms with Crippen LogP contribution in [-0.2, 0) is 33.7 Å². The highest BCUT2D eigenvalue weighted by Crippen LogP contribution is 2.21. The molecule has 226 valence electrons. The monoisotopic (exact) mass is 583 g/mol. The van der Waals surface area contributed by atoms with Crippen molar-refractivity contribution in [2.75, 3.05) is 26.5 Å². The molecule has 1 unspecified atom stereocenters. The van der Waals surface area contributed by atoms with Gasteiger partial charge in [-0.15, -0.1) is 0 Å². The molecule has 3 amide bonds. The van der Waals surface area contributed by atoms with Gasteiger partial charge >= 0.3 is 6.09 Å². The van der Waals surface area contributed by atoms with Crippen LogP contribution in [0.2, 0.25) is 0 Å². The molecule has 0 spiro atoms. The van der Waals surface area contributed by atoms with Crippen LogP contribution in [0.3, 0.4) is 0 Å². The first-order valence-electron chi connectivity index (χ1n) is 13.7. The molecule has 12 nitrogen and oxygen atoms in total. The number of pyridine rings is 2. The summed E-state index contributed by atoms with van der Waals surface area (Å²) < 4.78 is 20.6. The van der Waals surface area contributed by atoms with Crippen LogP contribution in [0.15, 0.2) is 35.3 Å². The maximum atomic E-state index is 14.5. The molecule has 0 saturated heterocycles. The Morgan fingerprint density at radius 1 is 1.24 bits per heavy atom. The van der Waals surface area contributed by atoms with Crippen molar-refractivity contribution in [1.82, 2.24) is 29.7 Å². The number of fused-ring (bicyclic) bond motifs is 1. The summed E-state index contributed by atoms with van der Waals surface area (Å²) >= 11 is 0. The summed E-state index contributed by atoms with van der Waals surface area (Å²) in [6, 6.07) is 2.17. The molecule has 0 radical (unpaired) electrons. The number of ether oxygens (including phenoxy) is 1. The predicted molar refractivity (Wildman–Crippen MR) is 157 cm³/mol. The van der Waals surface area contributed by atoms with Crippen molar-refractivity contribution < 1.29 is 23.5 Å². The van der Waals surface area contributed by atoms with Gasteiger partial charge in [0, 0.05) is 19.8 Å². The number of allylic oxidation sites excluding steroid dienone is 1. The number of aromatic amines is 1. The predicted octanol–water partition coefficient (Wildman–Crippen LogP) is 3.16. The fourth-order valence-electron chi connectivity index (χ4n) is 4.31. The van der Waals surface area contributed by atoms with Gasteiger partial charge in [-0.25, -0.2) is 14.2 Å². The van der Waals surface area contributed by atoms with E-state index in [9.17, 15) is 23.6 Å². The first kappa shape index (κ1) is 32.0. The van der Waals surface area contributed by atoms with E-state index in [4.69, 9.17) is 0 Å². The summed E-state index contributed by atoms with van der Waals surface area (Å²) in [5, 5.41) is 5.07. The number of carbonyl (C=O) groups excluding carboxylic acids is 3. The van der Waals surface area contributed by atoms with Crippen LogP contribution in [0.5, 0.6) is 0 Å². The lowest BCUT2D eigenvalue weighted by Gasteiger charge is -2.18. The molecule has 0 aliphatic carbocycles. The smallest absolute Gasteiger partial charge is 0.407 e. The van der Waals surface area contributed by atoms with Crippen LogP contribution < -0.4 is 16.2 Å². The Kier molecular flexibility index (Phi) is 10.9. The number of halogens is 1. The second-order valence-corrected chi connectivity index (χ2v) is 10.4. The normalized spacial score (nSPS) is 12.1. The van der Waals surface area contributed by atoms with Crippen molar-refractivity contribution in [3.05, 3.63) is 63.9 Å². The second-order valence-electron chi connectivity index (χ2n) is 10.4. The summed E-state index contributed by atoms with van der Waals surface area (Å²) in [4.78, 5) is 63.5.